The molecule has 0 aromatic heterocycles. The molecule has 1 fully saturated rings. The Morgan fingerprint density at radius 3 is 2.76 bits per heavy atom. The molecular weight excluding hydrogens is 383 g/mol. The van der Waals surface area contributed by atoms with E-state index in [4.69, 9.17) is 27.9 Å². The number of hydrogen-bond donors (Lipinski definition) is 1. The predicted octanol–water partition coefficient (Wildman–Crippen LogP) is 3.43. The molecule has 2 rings (SSSR count). The number of nitrogens with one attached hydrogen (secondary N) is 1. The van der Waals surface area contributed by atoms with Crippen molar-refractivity contribution in [3.8, 4) is 5.75 Å². The summed E-state index contributed by atoms with van der Waals surface area (Å²) < 4.78 is 5.68. The molecule has 1 heterocycles. The quantitative estimate of drug-likeness (QED) is 0.788. The Hall–Kier alpha value is -1.11. The van der Waals surface area contributed by atoms with Crippen LogP contribution in [-0.4, -0.2) is 47.0 Å². The number of nitrogens with zero attached hydrogens (tertiary/aromatic N) is 1. The average molecular weight is 405 g/mol. The topological polar surface area (TPSA) is 58.6 Å². The van der Waals surface area contributed by atoms with E-state index in [1.807, 2.05) is 13.8 Å². The maximum absolute atomic E-state index is 12.7. The fourth-order valence-corrected chi connectivity index (χ4v) is 3.85. The molecule has 1 saturated heterocycles. The highest BCUT2D eigenvalue weighted by Gasteiger charge is 2.37. The van der Waals surface area contributed by atoms with Gasteiger partial charge in [0.05, 0.1) is 10.9 Å². The van der Waals surface area contributed by atoms with Crippen LogP contribution in [-0.2, 0) is 9.59 Å². The van der Waals surface area contributed by atoms with Gasteiger partial charge in [-0.3, -0.25) is 9.59 Å². The molecule has 2 unspecified atom stereocenters. The molecule has 2 atom stereocenters. The summed E-state index contributed by atoms with van der Waals surface area (Å²) in [7, 11) is 0. The molecule has 1 aliphatic heterocycles. The lowest BCUT2D eigenvalue weighted by atomic mass is 10.2. The Kier molecular flexibility index (Phi) is 7.28. The minimum atomic E-state index is -0.768. The van der Waals surface area contributed by atoms with Crippen LogP contribution in [0.2, 0.25) is 10.0 Å². The van der Waals surface area contributed by atoms with Crippen LogP contribution >= 0.6 is 35.0 Å². The van der Waals surface area contributed by atoms with Gasteiger partial charge in [-0.2, -0.15) is 0 Å². The van der Waals surface area contributed by atoms with Gasteiger partial charge in [0, 0.05) is 12.3 Å². The summed E-state index contributed by atoms with van der Waals surface area (Å²) in [6, 6.07) is 4.53. The van der Waals surface area contributed by atoms with Crippen LogP contribution < -0.4 is 10.1 Å². The summed E-state index contributed by atoms with van der Waals surface area (Å²) in [5, 5.41) is 3.52. The highest BCUT2D eigenvalue weighted by Crippen LogP contribution is 2.32. The molecule has 0 spiro atoms. The molecule has 0 aliphatic carbocycles. The monoisotopic (exact) mass is 404 g/mol. The zero-order valence-corrected chi connectivity index (χ0v) is 16.7. The molecule has 1 N–H and O–H groups in total. The number of benzene rings is 1. The van der Waals surface area contributed by atoms with Crippen molar-refractivity contribution in [2.75, 3.05) is 18.2 Å². The van der Waals surface area contributed by atoms with Crippen molar-refractivity contribution in [2.24, 2.45) is 5.92 Å². The summed E-state index contributed by atoms with van der Waals surface area (Å²) in [4.78, 5) is 26.6. The van der Waals surface area contributed by atoms with E-state index < -0.39 is 12.1 Å². The summed E-state index contributed by atoms with van der Waals surface area (Å²) in [6.07, 6.45) is -0.768. The Bertz CT molecular complexity index is 642. The standard InChI is InChI=1S/C17H22Cl2N2O3S/c1-10(2)7-20-16(22)13-8-25-9-21(13)17(23)11(3)24-14-6-4-5-12(18)15(14)19/h4-6,10-11,13H,7-9H2,1-3H3,(H,20,22). The first-order valence-electron chi connectivity index (χ1n) is 8.07. The average Bonchev–Trinajstić information content (AvgIpc) is 3.05. The molecule has 0 saturated carbocycles. The van der Waals surface area contributed by atoms with Crippen molar-refractivity contribution in [3.05, 3.63) is 28.2 Å². The number of amides is 2. The van der Waals surface area contributed by atoms with Crippen LogP contribution in [0.4, 0.5) is 0 Å². The number of rotatable bonds is 6. The lowest BCUT2D eigenvalue weighted by Crippen LogP contribution is -2.51. The van der Waals surface area contributed by atoms with Crippen molar-refractivity contribution in [1.29, 1.82) is 0 Å². The van der Waals surface area contributed by atoms with Gasteiger partial charge in [0.1, 0.15) is 16.8 Å². The first-order chi connectivity index (χ1) is 11.8. The second-order valence-corrected chi connectivity index (χ2v) is 8.06. The molecule has 138 valence electrons. The Morgan fingerprint density at radius 2 is 2.08 bits per heavy atom. The predicted molar refractivity (Wildman–Crippen MR) is 102 cm³/mol. The van der Waals surface area contributed by atoms with Crippen molar-refractivity contribution in [3.63, 3.8) is 0 Å². The highest BCUT2D eigenvalue weighted by atomic mass is 35.5. The molecule has 8 heteroatoms. The van der Waals surface area contributed by atoms with Gasteiger partial charge in [0.2, 0.25) is 5.91 Å². The SMILES string of the molecule is CC(C)CNC(=O)C1CSCN1C(=O)C(C)Oc1cccc(Cl)c1Cl. The number of ether oxygens (including phenoxy) is 1. The molecule has 1 aliphatic rings. The number of carbonyl (C=O) groups excluding carboxylic acids is 2. The van der Waals surface area contributed by atoms with Crippen molar-refractivity contribution >= 4 is 46.8 Å². The number of halogens is 2. The Balaban J connectivity index is 2.02. The third-order valence-electron chi connectivity index (χ3n) is 3.72. The third-order valence-corrected chi connectivity index (χ3v) is 5.53. The zero-order chi connectivity index (χ0) is 18.6. The molecule has 1 aromatic rings. The molecule has 0 bridgehead atoms. The van der Waals surface area contributed by atoms with E-state index in [0.717, 1.165) is 0 Å². The summed E-state index contributed by atoms with van der Waals surface area (Å²) >= 11 is 13.6. The summed E-state index contributed by atoms with van der Waals surface area (Å²) in [5.41, 5.74) is 0. The first-order valence-corrected chi connectivity index (χ1v) is 9.99. The minimum Gasteiger partial charge on any atom is -0.479 e. The Morgan fingerprint density at radius 1 is 1.36 bits per heavy atom. The van der Waals surface area contributed by atoms with Crippen LogP contribution in [0.5, 0.6) is 5.75 Å². The van der Waals surface area contributed by atoms with Crippen LogP contribution in [0.3, 0.4) is 0 Å². The van der Waals surface area contributed by atoms with Crippen molar-refractivity contribution in [2.45, 2.75) is 32.9 Å². The van der Waals surface area contributed by atoms with Crippen LogP contribution in [0, 0.1) is 5.92 Å². The number of thioether (sulfide) groups is 1. The normalized spacial score (nSPS) is 18.3. The largest absolute Gasteiger partial charge is 0.479 e. The van der Waals surface area contributed by atoms with E-state index in [1.165, 1.54) is 0 Å². The highest BCUT2D eigenvalue weighted by molar-refractivity contribution is 7.99. The molecule has 5 nitrogen and oxygen atoms in total. The Labute approximate surface area is 162 Å². The first kappa shape index (κ1) is 20.2. The second kappa shape index (κ2) is 9.01. The van der Waals surface area contributed by atoms with Crippen molar-refractivity contribution in [1.82, 2.24) is 10.2 Å². The van der Waals surface area contributed by atoms with Gasteiger partial charge in [-0.15, -0.1) is 11.8 Å². The van der Waals surface area contributed by atoms with E-state index in [9.17, 15) is 9.59 Å². The van der Waals surface area contributed by atoms with Crippen LogP contribution in [0.15, 0.2) is 18.2 Å². The van der Waals surface area contributed by atoms with Gasteiger partial charge in [-0.05, 0) is 25.0 Å². The number of hydrogen-bond acceptors (Lipinski definition) is 4. The van der Waals surface area contributed by atoms with E-state index >= 15 is 0 Å². The van der Waals surface area contributed by atoms with Gasteiger partial charge >= 0.3 is 0 Å². The van der Waals surface area contributed by atoms with E-state index in [2.05, 4.69) is 5.32 Å². The van der Waals surface area contributed by atoms with Crippen LogP contribution in [0.25, 0.3) is 0 Å². The van der Waals surface area contributed by atoms with Gasteiger partial charge in [0.15, 0.2) is 6.10 Å². The lowest BCUT2D eigenvalue weighted by molar-refractivity contribution is -0.143. The minimum absolute atomic E-state index is 0.125. The smallest absolute Gasteiger partial charge is 0.264 e. The summed E-state index contributed by atoms with van der Waals surface area (Å²) in [6.45, 7) is 6.28. The fourth-order valence-electron chi connectivity index (χ4n) is 2.35. The van der Waals surface area contributed by atoms with Gasteiger partial charge in [-0.25, -0.2) is 0 Å². The molecule has 1 aromatic carbocycles. The van der Waals surface area contributed by atoms with E-state index in [1.54, 1.807) is 41.8 Å². The summed E-state index contributed by atoms with van der Waals surface area (Å²) in [5.74, 6) is 1.39. The van der Waals surface area contributed by atoms with Crippen LogP contribution in [0.1, 0.15) is 20.8 Å². The van der Waals surface area contributed by atoms with Crippen molar-refractivity contribution < 1.29 is 14.3 Å². The van der Waals surface area contributed by atoms with E-state index in [-0.39, 0.29) is 16.8 Å². The second-order valence-electron chi connectivity index (χ2n) is 6.27. The zero-order valence-electron chi connectivity index (χ0n) is 14.4. The lowest BCUT2D eigenvalue weighted by Gasteiger charge is -2.26. The maximum atomic E-state index is 12.7. The molecule has 0 radical (unpaired) electrons. The maximum Gasteiger partial charge on any atom is 0.264 e. The fraction of sp³-hybridized carbons (Fsp3) is 0.529. The molecule has 2 amide bonds. The van der Waals surface area contributed by atoms with E-state index in [0.29, 0.717) is 34.9 Å². The van der Waals surface area contributed by atoms with Gasteiger partial charge in [-0.1, -0.05) is 43.1 Å². The van der Waals surface area contributed by atoms with Gasteiger partial charge in [0.25, 0.3) is 5.91 Å². The third kappa shape index (κ3) is 5.19. The number of carbonyl (C=O) groups is 2. The molecule has 25 heavy (non-hydrogen) atoms. The molecular formula is C17H22Cl2N2O3S. The van der Waals surface area contributed by atoms with Gasteiger partial charge < -0.3 is 15.0 Å².